The first-order valence-electron chi connectivity index (χ1n) is 5.07. The second kappa shape index (κ2) is 5.01. The molecule has 0 radical (unpaired) electrons. The second-order valence-corrected chi connectivity index (χ2v) is 6.14. The zero-order chi connectivity index (χ0) is 14.0. The molecule has 0 saturated carbocycles. The molecule has 1 N–H and O–H groups in total. The van der Waals surface area contributed by atoms with Gasteiger partial charge in [-0.05, 0) is 26.8 Å². The number of hydrogen-bond donors (Lipinski definition) is 1. The molecule has 18 heavy (non-hydrogen) atoms. The van der Waals surface area contributed by atoms with Crippen molar-refractivity contribution in [2.75, 3.05) is 0 Å². The van der Waals surface area contributed by atoms with Crippen LogP contribution in [0.1, 0.15) is 20.8 Å². The predicted molar refractivity (Wildman–Crippen MR) is 64.3 cm³/mol. The Bertz CT molecular complexity index is 548. The smallest absolute Gasteiger partial charge is 0.281 e. The summed E-state index contributed by atoms with van der Waals surface area (Å²) in [4.78, 5) is 16.4. The predicted octanol–water partition coefficient (Wildman–Crippen LogP) is 1.60. The van der Waals surface area contributed by atoms with Gasteiger partial charge < -0.3 is 0 Å². The summed E-state index contributed by atoms with van der Waals surface area (Å²) in [5.74, 6) is 0. The summed E-state index contributed by atoms with van der Waals surface area (Å²) in [5, 5.41) is 10.7. The van der Waals surface area contributed by atoms with Crippen LogP contribution in [0.3, 0.4) is 0 Å². The molecule has 0 bridgehead atoms. The Morgan fingerprint density at radius 2 is 1.83 bits per heavy atom. The van der Waals surface area contributed by atoms with E-state index in [0.29, 0.717) is 0 Å². The maximum absolute atomic E-state index is 11.9. The molecular formula is C10H14N2O5S. The minimum absolute atomic E-state index is 0.431. The Kier molecular flexibility index (Phi) is 4.05. The van der Waals surface area contributed by atoms with Crippen molar-refractivity contribution in [3.8, 4) is 0 Å². The molecule has 0 unspecified atom stereocenters. The normalized spacial score (nSPS) is 12.4. The van der Waals surface area contributed by atoms with Crippen molar-refractivity contribution in [2.45, 2.75) is 31.3 Å². The number of rotatable bonds is 4. The van der Waals surface area contributed by atoms with Crippen molar-refractivity contribution < 1.29 is 18.2 Å². The highest BCUT2D eigenvalue weighted by Gasteiger charge is 2.26. The first-order chi connectivity index (χ1) is 8.13. The lowest BCUT2D eigenvalue weighted by Gasteiger charge is -2.19. The van der Waals surface area contributed by atoms with Crippen LogP contribution in [0, 0.1) is 10.1 Å². The summed E-state index contributed by atoms with van der Waals surface area (Å²) in [7, 11) is -4.08. The summed E-state index contributed by atoms with van der Waals surface area (Å²) < 4.78 is 23.7. The maximum atomic E-state index is 11.9. The average Bonchev–Trinajstić information content (AvgIpc) is 2.26. The van der Waals surface area contributed by atoms with E-state index in [1.807, 2.05) is 4.89 Å². The van der Waals surface area contributed by atoms with E-state index in [9.17, 15) is 18.5 Å². The molecule has 0 saturated heterocycles. The van der Waals surface area contributed by atoms with Gasteiger partial charge in [-0.25, -0.2) is 8.42 Å². The van der Waals surface area contributed by atoms with E-state index < -0.39 is 31.1 Å². The fourth-order valence-electron chi connectivity index (χ4n) is 1.06. The van der Waals surface area contributed by atoms with Crippen molar-refractivity contribution in [3.63, 3.8) is 0 Å². The zero-order valence-corrected chi connectivity index (χ0v) is 11.0. The molecule has 0 heterocycles. The Balaban J connectivity index is 3.10. The molecular weight excluding hydrogens is 260 g/mol. The highest BCUT2D eigenvalue weighted by molar-refractivity contribution is 7.89. The van der Waals surface area contributed by atoms with Crippen molar-refractivity contribution in [2.24, 2.45) is 0 Å². The standard InChI is InChI=1S/C10H14N2O5S/c1-10(2,3)17-11-18(15,16)9-7-5-4-6-8(9)12(13)14/h4-7,11H,1-3H3. The second-order valence-electron chi connectivity index (χ2n) is 4.53. The number of nitrogens with zero attached hydrogens (tertiary/aromatic N) is 1. The summed E-state index contributed by atoms with van der Waals surface area (Å²) in [5.41, 5.74) is -1.24. The van der Waals surface area contributed by atoms with E-state index in [4.69, 9.17) is 4.84 Å². The molecule has 1 rings (SSSR count). The van der Waals surface area contributed by atoms with Gasteiger partial charge in [-0.2, -0.15) is 0 Å². The number of hydrogen-bond acceptors (Lipinski definition) is 5. The molecule has 100 valence electrons. The van der Waals surface area contributed by atoms with Gasteiger partial charge in [0, 0.05) is 6.07 Å². The Morgan fingerprint density at radius 3 is 2.33 bits per heavy atom. The minimum Gasteiger partial charge on any atom is -0.281 e. The lowest BCUT2D eigenvalue weighted by Crippen LogP contribution is -2.33. The lowest BCUT2D eigenvalue weighted by atomic mass is 10.2. The van der Waals surface area contributed by atoms with Gasteiger partial charge >= 0.3 is 0 Å². The molecule has 0 atom stereocenters. The Labute approximate surface area is 105 Å². The van der Waals surface area contributed by atoms with Gasteiger partial charge in [0.15, 0.2) is 4.90 Å². The number of nitrogens with one attached hydrogen (secondary N) is 1. The van der Waals surface area contributed by atoms with Gasteiger partial charge in [0.2, 0.25) is 0 Å². The molecule has 0 aromatic heterocycles. The fourth-order valence-corrected chi connectivity index (χ4v) is 2.19. The molecule has 0 aliphatic rings. The summed E-state index contributed by atoms with van der Waals surface area (Å²) >= 11 is 0. The third kappa shape index (κ3) is 3.76. The lowest BCUT2D eigenvalue weighted by molar-refractivity contribution is -0.387. The van der Waals surface area contributed by atoms with Gasteiger partial charge in [-0.1, -0.05) is 17.0 Å². The van der Waals surface area contributed by atoms with E-state index >= 15 is 0 Å². The highest BCUT2D eigenvalue weighted by Crippen LogP contribution is 2.23. The molecule has 0 aliphatic carbocycles. The molecule has 0 fully saturated rings. The van der Waals surface area contributed by atoms with Crippen LogP contribution in [0.25, 0.3) is 0 Å². The Hall–Kier alpha value is -1.51. The molecule has 0 amide bonds. The third-order valence-electron chi connectivity index (χ3n) is 1.81. The number of benzene rings is 1. The quantitative estimate of drug-likeness (QED) is 0.664. The van der Waals surface area contributed by atoms with Gasteiger partial charge in [-0.15, -0.1) is 0 Å². The van der Waals surface area contributed by atoms with Crippen LogP contribution in [0.15, 0.2) is 29.2 Å². The van der Waals surface area contributed by atoms with Crippen LogP contribution in [0.2, 0.25) is 0 Å². The topological polar surface area (TPSA) is 98.5 Å². The van der Waals surface area contributed by atoms with Crippen molar-refractivity contribution in [1.82, 2.24) is 4.89 Å². The Morgan fingerprint density at radius 1 is 1.28 bits per heavy atom. The van der Waals surface area contributed by atoms with Crippen LogP contribution in [0.4, 0.5) is 5.69 Å². The van der Waals surface area contributed by atoms with Crippen LogP contribution >= 0.6 is 0 Å². The molecule has 1 aromatic carbocycles. The molecule has 8 heteroatoms. The molecule has 0 spiro atoms. The van der Waals surface area contributed by atoms with E-state index in [1.54, 1.807) is 20.8 Å². The van der Waals surface area contributed by atoms with E-state index in [0.717, 1.165) is 12.1 Å². The van der Waals surface area contributed by atoms with Crippen molar-refractivity contribution >= 4 is 15.7 Å². The van der Waals surface area contributed by atoms with Gasteiger partial charge in [0.1, 0.15) is 0 Å². The molecule has 1 aromatic rings. The van der Waals surface area contributed by atoms with Crippen molar-refractivity contribution in [3.05, 3.63) is 34.4 Å². The van der Waals surface area contributed by atoms with Crippen LogP contribution in [-0.2, 0) is 14.9 Å². The largest absolute Gasteiger partial charge is 0.289 e. The maximum Gasteiger partial charge on any atom is 0.289 e. The third-order valence-corrected chi connectivity index (χ3v) is 3.04. The summed E-state index contributed by atoms with van der Waals surface area (Å²) in [6.07, 6.45) is 0. The monoisotopic (exact) mass is 274 g/mol. The first kappa shape index (κ1) is 14.6. The molecule has 7 nitrogen and oxygen atoms in total. The SMILES string of the molecule is CC(C)(C)ONS(=O)(=O)c1ccccc1[N+](=O)[O-]. The average molecular weight is 274 g/mol. The van der Waals surface area contributed by atoms with Gasteiger partial charge in [0.05, 0.1) is 10.5 Å². The summed E-state index contributed by atoms with van der Waals surface area (Å²) in [6.45, 7) is 4.94. The van der Waals surface area contributed by atoms with E-state index in [1.165, 1.54) is 12.1 Å². The fraction of sp³-hybridized carbons (Fsp3) is 0.400. The first-order valence-corrected chi connectivity index (χ1v) is 6.55. The number of para-hydroxylation sites is 1. The highest BCUT2D eigenvalue weighted by atomic mass is 32.2. The van der Waals surface area contributed by atoms with E-state index in [-0.39, 0.29) is 0 Å². The van der Waals surface area contributed by atoms with Crippen molar-refractivity contribution in [1.29, 1.82) is 0 Å². The van der Waals surface area contributed by atoms with Gasteiger partial charge in [0.25, 0.3) is 15.7 Å². The zero-order valence-electron chi connectivity index (χ0n) is 10.2. The molecule has 0 aliphatic heterocycles. The summed E-state index contributed by atoms with van der Waals surface area (Å²) in [6, 6.07) is 5.05. The van der Waals surface area contributed by atoms with Crippen LogP contribution < -0.4 is 4.89 Å². The van der Waals surface area contributed by atoms with Crippen LogP contribution in [-0.4, -0.2) is 18.9 Å². The van der Waals surface area contributed by atoms with E-state index in [2.05, 4.69) is 0 Å². The number of sulfonamides is 1. The van der Waals surface area contributed by atoms with Gasteiger partial charge in [-0.3, -0.25) is 15.0 Å². The minimum atomic E-state index is -4.08. The van der Waals surface area contributed by atoms with Crippen LogP contribution in [0.5, 0.6) is 0 Å². The number of nitro benzene ring substituents is 1. The number of nitro groups is 1.